The van der Waals surface area contributed by atoms with Crippen LogP contribution in [-0.4, -0.2) is 19.3 Å². The van der Waals surface area contributed by atoms with Crippen LogP contribution in [0.1, 0.15) is 38.2 Å². The van der Waals surface area contributed by atoms with Crippen LogP contribution in [0.5, 0.6) is 11.5 Å². The first-order valence-corrected chi connectivity index (χ1v) is 7.25. The summed E-state index contributed by atoms with van der Waals surface area (Å²) in [4.78, 5) is 0. The van der Waals surface area contributed by atoms with E-state index in [0.29, 0.717) is 11.1 Å². The zero-order valence-electron chi connectivity index (χ0n) is 11.4. The van der Waals surface area contributed by atoms with E-state index in [1.54, 1.807) is 7.11 Å². The molecule has 0 bridgehead atoms. The molecule has 104 valence electrons. The van der Waals surface area contributed by atoms with Crippen molar-refractivity contribution in [2.24, 2.45) is 5.73 Å². The predicted molar refractivity (Wildman–Crippen MR) is 76.2 cm³/mol. The summed E-state index contributed by atoms with van der Waals surface area (Å²) in [5.41, 5.74) is 7.32. The SMILES string of the molecule is COc1cc(Cl)cc(C2(C(C)N)CC2)c1OC1CC1. The average molecular weight is 282 g/mol. The molecule has 2 N–H and O–H groups in total. The summed E-state index contributed by atoms with van der Waals surface area (Å²) in [6.45, 7) is 2.06. The third-order valence-corrected chi connectivity index (χ3v) is 4.46. The molecule has 0 aromatic heterocycles. The number of hydrogen-bond acceptors (Lipinski definition) is 3. The predicted octanol–water partition coefficient (Wildman–Crippen LogP) is 3.27. The maximum atomic E-state index is 6.22. The Balaban J connectivity index is 2.07. The molecule has 0 spiro atoms. The van der Waals surface area contributed by atoms with Crippen molar-refractivity contribution in [2.75, 3.05) is 7.11 Å². The van der Waals surface area contributed by atoms with Crippen LogP contribution >= 0.6 is 11.6 Å². The van der Waals surface area contributed by atoms with Crippen molar-refractivity contribution in [3.05, 3.63) is 22.7 Å². The lowest BCUT2D eigenvalue weighted by molar-refractivity contribution is 0.275. The summed E-state index contributed by atoms with van der Waals surface area (Å²) in [5.74, 6) is 1.57. The summed E-state index contributed by atoms with van der Waals surface area (Å²) in [7, 11) is 1.65. The summed E-state index contributed by atoms with van der Waals surface area (Å²) in [6.07, 6.45) is 4.76. The summed E-state index contributed by atoms with van der Waals surface area (Å²) >= 11 is 6.22. The maximum Gasteiger partial charge on any atom is 0.165 e. The van der Waals surface area contributed by atoms with Crippen LogP contribution in [0.2, 0.25) is 5.02 Å². The van der Waals surface area contributed by atoms with Crippen LogP contribution in [-0.2, 0) is 5.41 Å². The molecule has 0 radical (unpaired) electrons. The lowest BCUT2D eigenvalue weighted by Crippen LogP contribution is -2.32. The molecule has 1 aromatic carbocycles. The van der Waals surface area contributed by atoms with E-state index >= 15 is 0 Å². The van der Waals surface area contributed by atoms with E-state index in [2.05, 4.69) is 6.92 Å². The van der Waals surface area contributed by atoms with Gasteiger partial charge in [0.25, 0.3) is 0 Å². The van der Waals surface area contributed by atoms with Gasteiger partial charge in [0, 0.05) is 28.1 Å². The highest BCUT2D eigenvalue weighted by Crippen LogP contribution is 2.56. The molecule has 2 aliphatic rings. The number of rotatable bonds is 5. The quantitative estimate of drug-likeness (QED) is 0.901. The van der Waals surface area contributed by atoms with Gasteiger partial charge in [-0.3, -0.25) is 0 Å². The molecule has 2 fully saturated rings. The van der Waals surface area contributed by atoms with Gasteiger partial charge in [-0.1, -0.05) is 11.6 Å². The topological polar surface area (TPSA) is 44.5 Å². The summed E-state index contributed by atoms with van der Waals surface area (Å²) in [6, 6.07) is 3.91. The first kappa shape index (κ1) is 13.1. The molecule has 19 heavy (non-hydrogen) atoms. The second-order valence-corrected chi connectivity index (χ2v) is 6.18. The number of hydrogen-bond donors (Lipinski definition) is 1. The first-order chi connectivity index (χ1) is 9.06. The fourth-order valence-electron chi connectivity index (χ4n) is 2.67. The van der Waals surface area contributed by atoms with E-state index < -0.39 is 0 Å². The van der Waals surface area contributed by atoms with Gasteiger partial charge in [0.05, 0.1) is 13.2 Å². The molecule has 3 rings (SSSR count). The van der Waals surface area contributed by atoms with Crippen molar-refractivity contribution in [1.29, 1.82) is 0 Å². The van der Waals surface area contributed by atoms with Crippen molar-refractivity contribution in [3.8, 4) is 11.5 Å². The van der Waals surface area contributed by atoms with Gasteiger partial charge in [-0.05, 0) is 38.7 Å². The molecule has 3 nitrogen and oxygen atoms in total. The van der Waals surface area contributed by atoms with Crippen molar-refractivity contribution >= 4 is 11.6 Å². The van der Waals surface area contributed by atoms with Crippen molar-refractivity contribution in [1.82, 2.24) is 0 Å². The molecule has 1 atom stereocenters. The first-order valence-electron chi connectivity index (χ1n) is 6.87. The molecule has 0 heterocycles. The zero-order valence-corrected chi connectivity index (χ0v) is 12.2. The Hall–Kier alpha value is -0.930. The minimum absolute atomic E-state index is 0.0163. The van der Waals surface area contributed by atoms with Gasteiger partial charge >= 0.3 is 0 Å². The Morgan fingerprint density at radius 3 is 2.53 bits per heavy atom. The van der Waals surface area contributed by atoms with Gasteiger partial charge in [-0.25, -0.2) is 0 Å². The Morgan fingerprint density at radius 1 is 1.37 bits per heavy atom. The smallest absolute Gasteiger partial charge is 0.165 e. The number of ether oxygens (including phenoxy) is 2. The highest BCUT2D eigenvalue weighted by Gasteiger charge is 2.50. The second-order valence-electron chi connectivity index (χ2n) is 5.75. The van der Waals surface area contributed by atoms with Crippen LogP contribution in [0.4, 0.5) is 0 Å². The number of halogens is 1. The third kappa shape index (κ3) is 2.30. The monoisotopic (exact) mass is 281 g/mol. The minimum Gasteiger partial charge on any atom is -0.493 e. The van der Waals surface area contributed by atoms with Gasteiger partial charge < -0.3 is 15.2 Å². The van der Waals surface area contributed by atoms with Crippen molar-refractivity contribution in [3.63, 3.8) is 0 Å². The third-order valence-electron chi connectivity index (χ3n) is 4.25. The summed E-state index contributed by atoms with van der Waals surface area (Å²) < 4.78 is 11.5. The van der Waals surface area contributed by atoms with E-state index in [9.17, 15) is 0 Å². The molecule has 0 saturated heterocycles. The largest absolute Gasteiger partial charge is 0.493 e. The number of nitrogens with two attached hydrogens (primary N) is 1. The van der Waals surface area contributed by atoms with Crippen LogP contribution in [0.15, 0.2) is 12.1 Å². The molecule has 2 aliphatic carbocycles. The molecule has 4 heteroatoms. The van der Waals surface area contributed by atoms with Crippen LogP contribution in [0.3, 0.4) is 0 Å². The molecular formula is C15H20ClNO2. The fourth-order valence-corrected chi connectivity index (χ4v) is 2.88. The molecule has 0 aliphatic heterocycles. The van der Waals surface area contributed by atoms with E-state index in [0.717, 1.165) is 42.7 Å². The molecule has 2 saturated carbocycles. The minimum atomic E-state index is 0.0163. The Kier molecular flexibility index (Phi) is 3.14. The normalized spacial score (nSPS) is 21.9. The summed E-state index contributed by atoms with van der Waals surface area (Å²) in [5, 5.41) is 0.682. The Morgan fingerprint density at radius 2 is 2.05 bits per heavy atom. The average Bonchev–Trinajstić information content (AvgIpc) is 3.25. The maximum absolute atomic E-state index is 6.22. The van der Waals surface area contributed by atoms with Gasteiger partial charge in [-0.2, -0.15) is 0 Å². The van der Waals surface area contributed by atoms with E-state index in [4.69, 9.17) is 26.8 Å². The molecule has 1 aromatic rings. The fraction of sp³-hybridized carbons (Fsp3) is 0.600. The number of methoxy groups -OCH3 is 1. The van der Waals surface area contributed by atoms with Crippen LogP contribution in [0, 0.1) is 0 Å². The van der Waals surface area contributed by atoms with Crippen molar-refractivity contribution in [2.45, 2.75) is 50.2 Å². The zero-order chi connectivity index (χ0) is 13.6. The lowest BCUT2D eigenvalue weighted by atomic mass is 9.88. The van der Waals surface area contributed by atoms with Gasteiger partial charge in [0.2, 0.25) is 0 Å². The highest BCUT2D eigenvalue weighted by atomic mass is 35.5. The van der Waals surface area contributed by atoms with E-state index in [1.807, 2.05) is 12.1 Å². The van der Waals surface area contributed by atoms with Gasteiger partial charge in [0.1, 0.15) is 0 Å². The Bertz CT molecular complexity index is 493. The second kappa shape index (κ2) is 4.57. The van der Waals surface area contributed by atoms with Crippen molar-refractivity contribution < 1.29 is 9.47 Å². The van der Waals surface area contributed by atoms with Crippen LogP contribution in [0.25, 0.3) is 0 Å². The standard InChI is InChI=1S/C15H20ClNO2/c1-9(17)15(5-6-15)12-7-10(16)8-13(18-2)14(12)19-11-3-4-11/h7-9,11H,3-6,17H2,1-2H3. The van der Waals surface area contributed by atoms with E-state index in [-0.39, 0.29) is 11.5 Å². The van der Waals surface area contributed by atoms with E-state index in [1.165, 1.54) is 0 Å². The van der Waals surface area contributed by atoms with Gasteiger partial charge in [-0.15, -0.1) is 0 Å². The molecule has 0 amide bonds. The molecule has 1 unspecified atom stereocenters. The van der Waals surface area contributed by atoms with Crippen LogP contribution < -0.4 is 15.2 Å². The Labute approximate surface area is 119 Å². The number of benzene rings is 1. The lowest BCUT2D eigenvalue weighted by Gasteiger charge is -2.25. The van der Waals surface area contributed by atoms with Gasteiger partial charge in [0.15, 0.2) is 11.5 Å². The highest BCUT2D eigenvalue weighted by molar-refractivity contribution is 6.30. The molecular weight excluding hydrogens is 262 g/mol.